The van der Waals surface area contributed by atoms with E-state index in [0.29, 0.717) is 19.5 Å². The number of urea groups is 1. The van der Waals surface area contributed by atoms with Crippen LogP contribution in [0, 0.1) is 5.92 Å². The Kier molecular flexibility index (Phi) is 6.12. The summed E-state index contributed by atoms with van der Waals surface area (Å²) in [6.45, 7) is 2.93. The number of ether oxygens (including phenoxy) is 1. The van der Waals surface area contributed by atoms with E-state index in [4.69, 9.17) is 4.74 Å². The summed E-state index contributed by atoms with van der Waals surface area (Å²) < 4.78 is 4.96. The lowest BCUT2D eigenvalue weighted by Crippen LogP contribution is -2.50. The van der Waals surface area contributed by atoms with Crippen molar-refractivity contribution in [3.05, 3.63) is 71.8 Å². The molecule has 0 aromatic heterocycles. The third-order valence-corrected chi connectivity index (χ3v) is 5.18. The zero-order chi connectivity index (χ0) is 19.2. The molecule has 3 unspecified atom stereocenters. The third-order valence-electron chi connectivity index (χ3n) is 5.18. The molecule has 142 valence electrons. The van der Waals surface area contributed by atoms with Gasteiger partial charge >= 0.3 is 12.0 Å². The molecule has 5 nitrogen and oxygen atoms in total. The number of hydrogen-bond donors (Lipinski definition) is 1. The summed E-state index contributed by atoms with van der Waals surface area (Å²) in [6, 6.07) is 19.6. The zero-order valence-electron chi connectivity index (χ0n) is 15.8. The maximum Gasteiger partial charge on any atom is 0.317 e. The second-order valence-corrected chi connectivity index (χ2v) is 7.05. The van der Waals surface area contributed by atoms with Crippen LogP contribution in [0.25, 0.3) is 0 Å². The largest absolute Gasteiger partial charge is 0.469 e. The molecule has 1 saturated heterocycles. The van der Waals surface area contributed by atoms with E-state index in [0.717, 1.165) is 11.1 Å². The van der Waals surface area contributed by atoms with Gasteiger partial charge in [0.15, 0.2) is 0 Å². The minimum atomic E-state index is -0.313. The molecule has 2 aromatic carbocycles. The van der Waals surface area contributed by atoms with E-state index < -0.39 is 0 Å². The topological polar surface area (TPSA) is 58.6 Å². The fourth-order valence-corrected chi connectivity index (χ4v) is 3.67. The number of hydrogen-bond acceptors (Lipinski definition) is 3. The van der Waals surface area contributed by atoms with Crippen molar-refractivity contribution in [3.8, 4) is 0 Å². The maximum atomic E-state index is 12.9. The second-order valence-electron chi connectivity index (χ2n) is 7.05. The molecule has 3 rings (SSSR count). The predicted octanol–water partition coefficient (Wildman–Crippen LogP) is 3.74. The lowest BCUT2D eigenvalue weighted by molar-refractivity contribution is -0.147. The Bertz CT molecular complexity index is 764. The molecule has 0 spiro atoms. The lowest BCUT2D eigenvalue weighted by atomic mass is 9.84. The number of rotatable bonds is 4. The Balaban J connectivity index is 1.74. The molecule has 0 aliphatic carbocycles. The van der Waals surface area contributed by atoms with E-state index >= 15 is 0 Å². The van der Waals surface area contributed by atoms with Gasteiger partial charge in [-0.05, 0) is 24.5 Å². The van der Waals surface area contributed by atoms with E-state index in [9.17, 15) is 9.59 Å². The molecule has 1 heterocycles. The minimum Gasteiger partial charge on any atom is -0.469 e. The first-order chi connectivity index (χ1) is 13.1. The van der Waals surface area contributed by atoms with E-state index in [1.54, 1.807) is 4.90 Å². The van der Waals surface area contributed by atoms with Gasteiger partial charge in [-0.2, -0.15) is 0 Å². The summed E-state index contributed by atoms with van der Waals surface area (Å²) in [5, 5.41) is 3.05. The van der Waals surface area contributed by atoms with Gasteiger partial charge in [0.05, 0.1) is 19.1 Å². The van der Waals surface area contributed by atoms with Crippen LogP contribution in [0.2, 0.25) is 0 Å². The Hall–Kier alpha value is -2.82. The number of carbonyl (C=O) groups is 2. The number of methoxy groups -OCH3 is 1. The van der Waals surface area contributed by atoms with Crippen LogP contribution in [-0.4, -0.2) is 37.1 Å². The fourth-order valence-electron chi connectivity index (χ4n) is 3.67. The number of piperidine rings is 1. The summed E-state index contributed by atoms with van der Waals surface area (Å²) >= 11 is 0. The van der Waals surface area contributed by atoms with Gasteiger partial charge in [-0.25, -0.2) is 4.79 Å². The number of benzene rings is 2. The summed E-state index contributed by atoms with van der Waals surface area (Å²) in [5.74, 6) is -0.460. The van der Waals surface area contributed by atoms with E-state index in [1.807, 2.05) is 67.6 Å². The van der Waals surface area contributed by atoms with Crippen molar-refractivity contribution in [3.63, 3.8) is 0 Å². The Labute approximate surface area is 160 Å². The standard InChI is InChI=1S/C22H26N2O3/c1-16(17-9-5-3-6-10-17)23-22(26)24-14-19(18-11-7-4-8-12-18)13-20(15-24)21(25)27-2/h3-12,16,19-20H,13-15H2,1-2H3,(H,23,26). The van der Waals surface area contributed by atoms with E-state index in [2.05, 4.69) is 5.32 Å². The van der Waals surface area contributed by atoms with Gasteiger partial charge in [0.1, 0.15) is 0 Å². The molecule has 1 aliphatic rings. The van der Waals surface area contributed by atoms with E-state index in [1.165, 1.54) is 7.11 Å². The lowest BCUT2D eigenvalue weighted by Gasteiger charge is -2.37. The number of amides is 2. The van der Waals surface area contributed by atoms with Gasteiger partial charge in [0, 0.05) is 19.0 Å². The molecule has 3 atom stereocenters. The van der Waals surface area contributed by atoms with Gasteiger partial charge < -0.3 is 15.0 Å². The van der Waals surface area contributed by atoms with Crippen molar-refractivity contribution < 1.29 is 14.3 Å². The number of esters is 1. The predicted molar refractivity (Wildman–Crippen MR) is 104 cm³/mol. The third kappa shape index (κ3) is 4.67. The monoisotopic (exact) mass is 366 g/mol. The van der Waals surface area contributed by atoms with Gasteiger partial charge in [-0.3, -0.25) is 4.79 Å². The van der Waals surface area contributed by atoms with Gasteiger partial charge in [-0.1, -0.05) is 60.7 Å². The highest BCUT2D eigenvalue weighted by Crippen LogP contribution is 2.31. The van der Waals surface area contributed by atoms with Crippen LogP contribution >= 0.6 is 0 Å². The average Bonchev–Trinajstić information content (AvgIpc) is 2.74. The van der Waals surface area contributed by atoms with Crippen LogP contribution in [0.15, 0.2) is 60.7 Å². The van der Waals surface area contributed by atoms with Gasteiger partial charge in [0.2, 0.25) is 0 Å². The maximum absolute atomic E-state index is 12.9. The number of nitrogens with zero attached hydrogens (tertiary/aromatic N) is 1. The highest BCUT2D eigenvalue weighted by molar-refractivity contribution is 5.78. The quantitative estimate of drug-likeness (QED) is 0.839. The molecule has 5 heteroatoms. The Morgan fingerprint density at radius 1 is 1.04 bits per heavy atom. The number of likely N-dealkylation sites (tertiary alicyclic amines) is 1. The summed E-state index contributed by atoms with van der Waals surface area (Å²) in [5.41, 5.74) is 2.19. The van der Waals surface area contributed by atoms with Gasteiger partial charge in [0.25, 0.3) is 0 Å². The molecule has 1 aliphatic heterocycles. The zero-order valence-corrected chi connectivity index (χ0v) is 15.8. The van der Waals surface area contributed by atoms with Crippen LogP contribution in [0.4, 0.5) is 4.79 Å². The summed E-state index contributed by atoms with van der Waals surface area (Å²) in [4.78, 5) is 26.8. The molecule has 2 amide bonds. The van der Waals surface area contributed by atoms with Crippen molar-refractivity contribution in [2.45, 2.75) is 25.3 Å². The van der Waals surface area contributed by atoms with Crippen LogP contribution in [0.3, 0.4) is 0 Å². The van der Waals surface area contributed by atoms with Gasteiger partial charge in [-0.15, -0.1) is 0 Å². The number of nitrogens with one attached hydrogen (secondary N) is 1. The molecule has 0 radical (unpaired) electrons. The van der Waals surface area contributed by atoms with Crippen molar-refractivity contribution in [1.29, 1.82) is 0 Å². The molecule has 27 heavy (non-hydrogen) atoms. The van der Waals surface area contributed by atoms with Crippen molar-refractivity contribution in [2.75, 3.05) is 20.2 Å². The van der Waals surface area contributed by atoms with Crippen molar-refractivity contribution in [1.82, 2.24) is 10.2 Å². The molecule has 0 bridgehead atoms. The Morgan fingerprint density at radius 3 is 2.30 bits per heavy atom. The fraction of sp³-hybridized carbons (Fsp3) is 0.364. The number of carbonyl (C=O) groups excluding carboxylic acids is 2. The molecule has 0 saturated carbocycles. The van der Waals surface area contributed by atoms with Crippen LogP contribution in [0.1, 0.15) is 36.4 Å². The minimum absolute atomic E-state index is 0.104. The first-order valence-corrected chi connectivity index (χ1v) is 9.31. The molecule has 2 aromatic rings. The van der Waals surface area contributed by atoms with Crippen molar-refractivity contribution >= 4 is 12.0 Å². The highest BCUT2D eigenvalue weighted by atomic mass is 16.5. The van der Waals surface area contributed by atoms with Crippen molar-refractivity contribution in [2.24, 2.45) is 5.92 Å². The normalized spacial score (nSPS) is 20.6. The van der Waals surface area contributed by atoms with Crippen LogP contribution in [-0.2, 0) is 9.53 Å². The Morgan fingerprint density at radius 2 is 1.67 bits per heavy atom. The highest BCUT2D eigenvalue weighted by Gasteiger charge is 2.35. The smallest absolute Gasteiger partial charge is 0.317 e. The molecular formula is C22H26N2O3. The van der Waals surface area contributed by atoms with Crippen LogP contribution in [0.5, 0.6) is 0 Å². The first kappa shape index (κ1) is 19.0. The summed E-state index contributed by atoms with van der Waals surface area (Å²) in [7, 11) is 1.40. The molecule has 1 N–H and O–H groups in total. The first-order valence-electron chi connectivity index (χ1n) is 9.31. The average molecular weight is 366 g/mol. The van der Waals surface area contributed by atoms with E-state index in [-0.39, 0.29) is 29.9 Å². The molecule has 1 fully saturated rings. The second kappa shape index (κ2) is 8.71. The van der Waals surface area contributed by atoms with Crippen LogP contribution < -0.4 is 5.32 Å². The SMILES string of the molecule is COC(=O)C1CC(c2ccccc2)CN(C(=O)NC(C)c2ccccc2)C1. The summed E-state index contributed by atoms with van der Waals surface area (Å²) in [6.07, 6.45) is 0.689. The molecular weight excluding hydrogens is 340 g/mol.